The van der Waals surface area contributed by atoms with Crippen LogP contribution in [0.4, 0.5) is 0 Å². The maximum absolute atomic E-state index is 12.0. The van der Waals surface area contributed by atoms with Crippen LogP contribution in [0.1, 0.15) is 25.3 Å². The van der Waals surface area contributed by atoms with E-state index in [1.165, 1.54) is 0 Å². The quantitative estimate of drug-likeness (QED) is 0.916. The van der Waals surface area contributed by atoms with Crippen molar-refractivity contribution in [3.05, 3.63) is 35.7 Å². The molecule has 0 aliphatic carbocycles. The molecular formula is C17H19N3O3. The van der Waals surface area contributed by atoms with Gasteiger partial charge in [0.15, 0.2) is 0 Å². The molecule has 0 aliphatic heterocycles. The molecule has 120 valence electrons. The Morgan fingerprint density at radius 3 is 2.78 bits per heavy atom. The number of aromatic nitrogens is 1. The minimum atomic E-state index is -0.916. The van der Waals surface area contributed by atoms with Gasteiger partial charge in [-0.25, -0.2) is 4.98 Å². The highest BCUT2D eigenvalue weighted by atomic mass is 16.5. The minimum absolute atomic E-state index is 0.0512. The van der Waals surface area contributed by atoms with E-state index in [2.05, 4.69) is 10.3 Å². The van der Waals surface area contributed by atoms with Gasteiger partial charge in [0.25, 0.3) is 0 Å². The number of nitrogens with one attached hydrogen (secondary N) is 1. The first-order chi connectivity index (χ1) is 10.9. The maximum atomic E-state index is 12.0. The van der Waals surface area contributed by atoms with Gasteiger partial charge in [0.1, 0.15) is 17.0 Å². The number of methoxy groups -OCH3 is 1. The first kappa shape index (κ1) is 16.6. The molecule has 0 saturated carbocycles. The third kappa shape index (κ3) is 3.89. The normalized spacial score (nSPS) is 10.9. The molecule has 6 heteroatoms. The second-order valence-corrected chi connectivity index (χ2v) is 5.68. The summed E-state index contributed by atoms with van der Waals surface area (Å²) in [4.78, 5) is 16.4. The molecule has 0 saturated heterocycles. The first-order valence-electron chi connectivity index (χ1n) is 7.18. The van der Waals surface area contributed by atoms with Crippen LogP contribution >= 0.6 is 0 Å². The van der Waals surface area contributed by atoms with Gasteiger partial charge in [0.2, 0.25) is 11.8 Å². The van der Waals surface area contributed by atoms with Crippen LogP contribution < -0.4 is 10.1 Å². The molecular weight excluding hydrogens is 294 g/mol. The van der Waals surface area contributed by atoms with E-state index in [1.54, 1.807) is 27.9 Å². The number of carbonyl (C=O) groups is 1. The van der Waals surface area contributed by atoms with Crippen molar-refractivity contribution in [2.45, 2.75) is 32.7 Å². The molecule has 2 rings (SSSR count). The number of para-hydroxylation sites is 1. The van der Waals surface area contributed by atoms with Crippen LogP contribution in [-0.4, -0.2) is 23.5 Å². The Bertz CT molecular complexity index is 757. The van der Waals surface area contributed by atoms with Crippen molar-refractivity contribution in [1.29, 1.82) is 5.26 Å². The molecule has 1 N–H and O–H groups in total. The molecule has 0 bridgehead atoms. The lowest BCUT2D eigenvalue weighted by molar-refractivity contribution is -0.121. The van der Waals surface area contributed by atoms with E-state index < -0.39 is 5.54 Å². The number of aryl methyl sites for hydroxylation is 1. The Morgan fingerprint density at radius 1 is 1.43 bits per heavy atom. The van der Waals surface area contributed by atoms with Crippen LogP contribution in [-0.2, 0) is 11.2 Å². The number of rotatable bonds is 5. The van der Waals surface area contributed by atoms with E-state index in [-0.39, 0.29) is 12.3 Å². The van der Waals surface area contributed by atoms with Crippen LogP contribution in [0.25, 0.3) is 11.5 Å². The summed E-state index contributed by atoms with van der Waals surface area (Å²) in [6.07, 6.45) is 0.0512. The van der Waals surface area contributed by atoms with E-state index in [1.807, 2.05) is 30.3 Å². The molecule has 0 fully saturated rings. The summed E-state index contributed by atoms with van der Waals surface area (Å²) in [6.45, 7) is 5.03. The molecule has 1 aromatic heterocycles. The number of hydrogen-bond donors (Lipinski definition) is 1. The van der Waals surface area contributed by atoms with E-state index in [0.29, 0.717) is 23.1 Å². The van der Waals surface area contributed by atoms with Gasteiger partial charge in [-0.1, -0.05) is 12.1 Å². The Labute approximate surface area is 135 Å². The van der Waals surface area contributed by atoms with Crippen molar-refractivity contribution >= 4 is 5.91 Å². The third-order valence-electron chi connectivity index (χ3n) is 3.29. The van der Waals surface area contributed by atoms with Gasteiger partial charge in [-0.2, -0.15) is 5.26 Å². The highest BCUT2D eigenvalue weighted by Crippen LogP contribution is 2.30. The Kier molecular flexibility index (Phi) is 4.70. The highest BCUT2D eigenvalue weighted by molar-refractivity contribution is 5.79. The second-order valence-electron chi connectivity index (χ2n) is 5.68. The predicted molar refractivity (Wildman–Crippen MR) is 84.8 cm³/mol. The van der Waals surface area contributed by atoms with Crippen LogP contribution in [0.2, 0.25) is 0 Å². The average Bonchev–Trinajstić information content (AvgIpc) is 2.87. The van der Waals surface area contributed by atoms with Gasteiger partial charge in [-0.15, -0.1) is 0 Å². The van der Waals surface area contributed by atoms with Crippen molar-refractivity contribution in [2.24, 2.45) is 0 Å². The molecule has 23 heavy (non-hydrogen) atoms. The number of oxazole rings is 1. The number of benzene rings is 1. The Morgan fingerprint density at radius 2 is 2.13 bits per heavy atom. The fourth-order valence-corrected chi connectivity index (χ4v) is 2.10. The molecule has 1 heterocycles. The first-order valence-corrected chi connectivity index (χ1v) is 7.18. The maximum Gasteiger partial charge on any atom is 0.230 e. The summed E-state index contributed by atoms with van der Waals surface area (Å²) in [5, 5.41) is 11.6. The SMILES string of the molecule is COc1ccccc1-c1nc(CC(=O)NC(C)(C)C#N)c(C)o1. The van der Waals surface area contributed by atoms with Gasteiger partial charge in [-0.3, -0.25) is 4.79 Å². The molecule has 0 spiro atoms. The lowest BCUT2D eigenvalue weighted by Gasteiger charge is -2.16. The molecule has 1 amide bonds. The summed E-state index contributed by atoms with van der Waals surface area (Å²) >= 11 is 0. The van der Waals surface area contributed by atoms with E-state index in [9.17, 15) is 4.79 Å². The minimum Gasteiger partial charge on any atom is -0.496 e. The number of hydrogen-bond acceptors (Lipinski definition) is 5. The lowest BCUT2D eigenvalue weighted by Crippen LogP contribution is -2.42. The summed E-state index contributed by atoms with van der Waals surface area (Å²) in [5.74, 6) is 1.34. The van der Waals surface area contributed by atoms with Crippen LogP contribution in [0.15, 0.2) is 28.7 Å². The fraction of sp³-hybridized carbons (Fsp3) is 0.353. The summed E-state index contributed by atoms with van der Waals surface area (Å²) in [7, 11) is 1.58. The van der Waals surface area contributed by atoms with Crippen molar-refractivity contribution in [2.75, 3.05) is 7.11 Å². The van der Waals surface area contributed by atoms with Gasteiger partial charge >= 0.3 is 0 Å². The zero-order valence-corrected chi connectivity index (χ0v) is 13.6. The van der Waals surface area contributed by atoms with Crippen LogP contribution in [0.5, 0.6) is 5.75 Å². The Balaban J connectivity index is 2.22. The number of amides is 1. The zero-order valence-electron chi connectivity index (χ0n) is 13.6. The molecule has 0 atom stereocenters. The zero-order chi connectivity index (χ0) is 17.0. The molecule has 1 aromatic carbocycles. The van der Waals surface area contributed by atoms with Gasteiger partial charge in [0.05, 0.1) is 30.9 Å². The summed E-state index contributed by atoms with van der Waals surface area (Å²) < 4.78 is 11.0. The number of carbonyl (C=O) groups excluding carboxylic acids is 1. The molecule has 6 nitrogen and oxygen atoms in total. The van der Waals surface area contributed by atoms with Gasteiger partial charge in [-0.05, 0) is 32.9 Å². The topological polar surface area (TPSA) is 88.1 Å². The van der Waals surface area contributed by atoms with E-state index >= 15 is 0 Å². The largest absolute Gasteiger partial charge is 0.496 e. The van der Waals surface area contributed by atoms with Crippen molar-refractivity contribution in [3.8, 4) is 23.3 Å². The molecule has 0 radical (unpaired) electrons. The Hall–Kier alpha value is -2.81. The van der Waals surface area contributed by atoms with Crippen molar-refractivity contribution in [3.63, 3.8) is 0 Å². The molecule has 0 aliphatic rings. The lowest BCUT2D eigenvalue weighted by atomic mass is 10.1. The molecule has 0 unspecified atom stereocenters. The number of nitrogens with zero attached hydrogens (tertiary/aromatic N) is 2. The van der Waals surface area contributed by atoms with Crippen molar-refractivity contribution < 1.29 is 13.9 Å². The third-order valence-corrected chi connectivity index (χ3v) is 3.29. The van der Waals surface area contributed by atoms with Gasteiger partial charge in [0, 0.05) is 0 Å². The van der Waals surface area contributed by atoms with Crippen molar-refractivity contribution in [1.82, 2.24) is 10.3 Å². The second kappa shape index (κ2) is 6.53. The van der Waals surface area contributed by atoms with E-state index in [4.69, 9.17) is 14.4 Å². The summed E-state index contributed by atoms with van der Waals surface area (Å²) in [5.41, 5.74) is 0.347. The summed E-state index contributed by atoms with van der Waals surface area (Å²) in [6, 6.07) is 9.40. The van der Waals surface area contributed by atoms with Crippen LogP contribution in [0.3, 0.4) is 0 Å². The van der Waals surface area contributed by atoms with E-state index in [0.717, 1.165) is 5.56 Å². The highest BCUT2D eigenvalue weighted by Gasteiger charge is 2.22. The predicted octanol–water partition coefficient (Wildman–Crippen LogP) is 2.62. The average molecular weight is 313 g/mol. The monoisotopic (exact) mass is 313 g/mol. The van der Waals surface area contributed by atoms with Crippen LogP contribution in [0, 0.1) is 18.3 Å². The number of nitriles is 1. The number of ether oxygens (including phenoxy) is 1. The fourth-order valence-electron chi connectivity index (χ4n) is 2.10. The smallest absolute Gasteiger partial charge is 0.230 e. The molecule has 2 aromatic rings. The van der Waals surface area contributed by atoms with Gasteiger partial charge < -0.3 is 14.5 Å². The standard InChI is InChI=1S/C17H19N3O3/c1-11-13(9-15(21)20-17(2,3)10-18)19-16(23-11)12-7-5-6-8-14(12)22-4/h5-8H,9H2,1-4H3,(H,20,21).